The van der Waals surface area contributed by atoms with Crippen molar-refractivity contribution in [3.63, 3.8) is 0 Å². The third-order valence-electron chi connectivity index (χ3n) is 9.31. The minimum absolute atomic E-state index is 0.0151. The number of esters is 2. The Hall–Kier alpha value is -2.34. The predicted molar refractivity (Wildman–Crippen MR) is 144 cm³/mol. The molecule has 5 aliphatic rings. The maximum Gasteiger partial charge on any atom is 0.333 e. The van der Waals surface area contributed by atoms with Gasteiger partial charge in [-0.15, -0.1) is 0 Å². The van der Waals surface area contributed by atoms with Crippen LogP contribution in [0.1, 0.15) is 97.0 Å². The zero-order valence-electron chi connectivity index (χ0n) is 23.3. The van der Waals surface area contributed by atoms with Crippen LogP contribution in [0.5, 0.6) is 5.75 Å². The molecule has 208 valence electrons. The number of rotatable bonds is 10. The fourth-order valence-electron chi connectivity index (χ4n) is 7.82. The van der Waals surface area contributed by atoms with Crippen molar-refractivity contribution < 1.29 is 28.5 Å². The van der Waals surface area contributed by atoms with Crippen molar-refractivity contribution in [3.8, 4) is 5.75 Å². The van der Waals surface area contributed by atoms with Crippen LogP contribution in [0, 0.1) is 23.2 Å². The van der Waals surface area contributed by atoms with Crippen molar-refractivity contribution in [2.45, 2.75) is 109 Å². The Morgan fingerprint density at radius 3 is 2.26 bits per heavy atom. The normalized spacial score (nSPS) is 33.3. The van der Waals surface area contributed by atoms with Gasteiger partial charge in [-0.2, -0.15) is 0 Å². The standard InChI is InChI=1S/C32H44O6/c1-5-13-31(4,38-29(33)21(2)3)25-9-11-26(12-10-25)36-28-8-6-7-27(37-28)20-35-30(34)32-17-22-14-23(18-32)16-24(15-22)19-32/h9-12,22-24,27-28H,2,5-8,13-20H2,1,3-4H3. The summed E-state index contributed by atoms with van der Waals surface area (Å²) in [4.78, 5) is 25.5. The molecule has 1 saturated heterocycles. The summed E-state index contributed by atoms with van der Waals surface area (Å²) in [6.07, 6.45) is 10.7. The summed E-state index contributed by atoms with van der Waals surface area (Å²) >= 11 is 0. The summed E-state index contributed by atoms with van der Waals surface area (Å²) < 4.78 is 24.1. The molecule has 6 nitrogen and oxygen atoms in total. The van der Waals surface area contributed by atoms with Gasteiger partial charge in [0.25, 0.3) is 0 Å². The summed E-state index contributed by atoms with van der Waals surface area (Å²) in [6.45, 7) is 9.68. The molecule has 38 heavy (non-hydrogen) atoms. The number of ether oxygens (including phenoxy) is 4. The van der Waals surface area contributed by atoms with Gasteiger partial charge in [-0.25, -0.2) is 4.79 Å². The molecule has 1 aromatic carbocycles. The largest absolute Gasteiger partial charge is 0.465 e. The Labute approximate surface area is 227 Å². The van der Waals surface area contributed by atoms with Gasteiger partial charge in [-0.3, -0.25) is 4.79 Å². The van der Waals surface area contributed by atoms with Crippen molar-refractivity contribution in [2.75, 3.05) is 6.61 Å². The summed E-state index contributed by atoms with van der Waals surface area (Å²) in [7, 11) is 0. The number of carbonyl (C=O) groups is 2. The summed E-state index contributed by atoms with van der Waals surface area (Å²) in [6, 6.07) is 7.70. The quantitative estimate of drug-likeness (QED) is 0.246. The average Bonchev–Trinajstić information content (AvgIpc) is 2.87. The van der Waals surface area contributed by atoms with E-state index in [-0.39, 0.29) is 29.7 Å². The van der Waals surface area contributed by atoms with E-state index in [2.05, 4.69) is 13.5 Å². The van der Waals surface area contributed by atoms with Crippen LogP contribution in [-0.2, 0) is 29.4 Å². The second-order valence-electron chi connectivity index (χ2n) is 12.7. The van der Waals surface area contributed by atoms with E-state index in [9.17, 15) is 9.59 Å². The second-order valence-corrected chi connectivity index (χ2v) is 12.7. The lowest BCUT2D eigenvalue weighted by Crippen LogP contribution is -2.51. The molecule has 0 spiro atoms. The highest BCUT2D eigenvalue weighted by molar-refractivity contribution is 5.87. The molecule has 0 aromatic heterocycles. The minimum Gasteiger partial charge on any atom is -0.465 e. The fraction of sp³-hybridized carbons (Fsp3) is 0.688. The molecule has 0 N–H and O–H groups in total. The van der Waals surface area contributed by atoms with Crippen molar-refractivity contribution >= 4 is 11.9 Å². The molecule has 4 aliphatic carbocycles. The highest BCUT2D eigenvalue weighted by Crippen LogP contribution is 2.60. The maximum atomic E-state index is 13.2. The van der Waals surface area contributed by atoms with Gasteiger partial charge < -0.3 is 18.9 Å². The second kappa shape index (κ2) is 11.0. The highest BCUT2D eigenvalue weighted by atomic mass is 16.7. The lowest BCUT2D eigenvalue weighted by Gasteiger charge is -2.55. The first-order valence-electron chi connectivity index (χ1n) is 14.7. The van der Waals surface area contributed by atoms with E-state index in [0.717, 1.165) is 68.3 Å². The number of hydrogen-bond donors (Lipinski definition) is 0. The summed E-state index contributed by atoms with van der Waals surface area (Å²) in [5.41, 5.74) is 0.350. The molecular weight excluding hydrogens is 480 g/mol. The molecule has 1 aromatic rings. The van der Waals surface area contributed by atoms with E-state index >= 15 is 0 Å². The topological polar surface area (TPSA) is 71.1 Å². The maximum absolute atomic E-state index is 13.2. The molecule has 5 fully saturated rings. The molecule has 6 heteroatoms. The van der Waals surface area contributed by atoms with Crippen LogP contribution < -0.4 is 4.74 Å². The van der Waals surface area contributed by atoms with E-state index in [4.69, 9.17) is 18.9 Å². The zero-order chi connectivity index (χ0) is 26.9. The van der Waals surface area contributed by atoms with Crippen LogP contribution in [-0.4, -0.2) is 30.9 Å². The van der Waals surface area contributed by atoms with E-state index in [0.29, 0.717) is 24.4 Å². The van der Waals surface area contributed by atoms with Crippen LogP contribution in [0.3, 0.4) is 0 Å². The first kappa shape index (κ1) is 27.2. The van der Waals surface area contributed by atoms with Gasteiger partial charge in [0.05, 0.1) is 11.5 Å². The summed E-state index contributed by atoms with van der Waals surface area (Å²) in [5.74, 6) is 2.51. The van der Waals surface area contributed by atoms with Crippen molar-refractivity contribution in [1.29, 1.82) is 0 Å². The molecule has 1 heterocycles. The average molecular weight is 525 g/mol. The van der Waals surface area contributed by atoms with Crippen LogP contribution in [0.15, 0.2) is 36.4 Å². The number of carbonyl (C=O) groups excluding carboxylic acids is 2. The van der Waals surface area contributed by atoms with Gasteiger partial charge in [0.1, 0.15) is 18.0 Å². The molecule has 4 saturated carbocycles. The van der Waals surface area contributed by atoms with Gasteiger partial charge in [0, 0.05) is 12.0 Å². The molecule has 0 radical (unpaired) electrons. The first-order chi connectivity index (χ1) is 18.2. The monoisotopic (exact) mass is 524 g/mol. The molecule has 0 amide bonds. The third kappa shape index (κ3) is 5.80. The Bertz CT molecular complexity index is 994. The van der Waals surface area contributed by atoms with Crippen molar-refractivity contribution in [3.05, 3.63) is 42.0 Å². The van der Waals surface area contributed by atoms with Gasteiger partial charge in [-0.05, 0) is 107 Å². The van der Waals surface area contributed by atoms with Gasteiger partial charge in [0.15, 0.2) is 6.29 Å². The van der Waals surface area contributed by atoms with E-state index in [1.54, 1.807) is 6.92 Å². The minimum atomic E-state index is -0.726. The van der Waals surface area contributed by atoms with Crippen LogP contribution in [0.4, 0.5) is 0 Å². The third-order valence-corrected chi connectivity index (χ3v) is 9.31. The Balaban J connectivity index is 1.14. The lowest BCUT2D eigenvalue weighted by atomic mass is 9.49. The lowest BCUT2D eigenvalue weighted by molar-refractivity contribution is -0.189. The van der Waals surface area contributed by atoms with Gasteiger partial charge in [-0.1, -0.05) is 32.1 Å². The Morgan fingerprint density at radius 2 is 1.68 bits per heavy atom. The van der Waals surface area contributed by atoms with Gasteiger partial charge >= 0.3 is 11.9 Å². The summed E-state index contributed by atoms with van der Waals surface area (Å²) in [5, 5.41) is 0. The molecular formula is C32H44O6. The highest BCUT2D eigenvalue weighted by Gasteiger charge is 2.55. The molecule has 3 unspecified atom stereocenters. The molecule has 6 rings (SSSR count). The molecule has 4 bridgehead atoms. The van der Waals surface area contributed by atoms with E-state index in [1.807, 2.05) is 31.2 Å². The Kier molecular flexibility index (Phi) is 7.91. The van der Waals surface area contributed by atoms with Crippen molar-refractivity contribution in [2.24, 2.45) is 23.2 Å². The predicted octanol–water partition coefficient (Wildman–Crippen LogP) is 6.85. The smallest absolute Gasteiger partial charge is 0.333 e. The fourth-order valence-corrected chi connectivity index (χ4v) is 7.82. The SMILES string of the molecule is C=C(C)C(=O)OC(C)(CCC)c1ccc(OC2CCCC(COC(=O)C34CC5CC(CC(C5)C3)C4)O2)cc1. The van der Waals surface area contributed by atoms with E-state index in [1.165, 1.54) is 19.3 Å². The molecule has 1 aliphatic heterocycles. The first-order valence-corrected chi connectivity index (χ1v) is 14.7. The molecule has 3 atom stereocenters. The zero-order valence-corrected chi connectivity index (χ0v) is 23.3. The van der Waals surface area contributed by atoms with Crippen molar-refractivity contribution in [1.82, 2.24) is 0 Å². The number of hydrogen-bond acceptors (Lipinski definition) is 6. The van der Waals surface area contributed by atoms with Crippen LogP contribution >= 0.6 is 0 Å². The van der Waals surface area contributed by atoms with Gasteiger partial charge in [0.2, 0.25) is 0 Å². The number of benzene rings is 1. The van der Waals surface area contributed by atoms with E-state index < -0.39 is 5.60 Å². The van der Waals surface area contributed by atoms with Crippen LogP contribution in [0.2, 0.25) is 0 Å². The Morgan fingerprint density at radius 1 is 1.05 bits per heavy atom. The van der Waals surface area contributed by atoms with Crippen LogP contribution in [0.25, 0.3) is 0 Å².